The second-order valence-electron chi connectivity index (χ2n) is 7.47. The number of carbonyl (C=O) groups is 1. The molecule has 1 atom stereocenters. The molecular formula is C22H29N3O. The summed E-state index contributed by atoms with van der Waals surface area (Å²) in [5.41, 5.74) is 4.44. The molecule has 0 spiro atoms. The van der Waals surface area contributed by atoms with E-state index in [4.69, 9.17) is 0 Å². The summed E-state index contributed by atoms with van der Waals surface area (Å²) in [5.74, 6) is 0.456. The molecule has 0 bridgehead atoms. The number of carbonyl (C=O) groups excluding carboxylic acids is 1. The number of benzene rings is 2. The highest BCUT2D eigenvalue weighted by Gasteiger charge is 2.24. The first-order valence-electron chi connectivity index (χ1n) is 9.46. The number of hydrogen-bond donors (Lipinski definition) is 2. The van der Waals surface area contributed by atoms with Crippen LogP contribution in [0.3, 0.4) is 0 Å². The molecule has 2 N–H and O–H groups in total. The Balaban J connectivity index is 1.55. The van der Waals surface area contributed by atoms with Gasteiger partial charge in [-0.3, -0.25) is 9.69 Å². The highest BCUT2D eigenvalue weighted by atomic mass is 16.2. The van der Waals surface area contributed by atoms with E-state index in [1.807, 2.05) is 18.2 Å². The van der Waals surface area contributed by atoms with E-state index < -0.39 is 0 Å². The molecule has 2 aromatic rings. The third kappa shape index (κ3) is 4.64. The monoisotopic (exact) mass is 351 g/mol. The summed E-state index contributed by atoms with van der Waals surface area (Å²) in [5, 5.41) is 6.70. The van der Waals surface area contributed by atoms with Crippen LogP contribution in [0.5, 0.6) is 0 Å². The zero-order chi connectivity index (χ0) is 18.5. The van der Waals surface area contributed by atoms with Crippen molar-refractivity contribution in [2.75, 3.05) is 30.3 Å². The smallest absolute Gasteiger partial charge is 0.238 e. The van der Waals surface area contributed by atoms with Gasteiger partial charge in [0.25, 0.3) is 0 Å². The van der Waals surface area contributed by atoms with Crippen molar-refractivity contribution in [1.82, 2.24) is 4.90 Å². The largest absolute Gasteiger partial charge is 0.381 e. The van der Waals surface area contributed by atoms with E-state index in [9.17, 15) is 4.79 Å². The molecule has 4 nitrogen and oxygen atoms in total. The SMILES string of the molecule is Cc1cccc(C(C)C)c1NC(=O)CN1CCC(Nc2ccccc2)C1. The van der Waals surface area contributed by atoms with E-state index >= 15 is 0 Å². The van der Waals surface area contributed by atoms with Crippen molar-refractivity contribution in [2.24, 2.45) is 0 Å². The van der Waals surface area contributed by atoms with Crippen LogP contribution in [0, 0.1) is 6.92 Å². The molecule has 4 heteroatoms. The molecule has 1 unspecified atom stereocenters. The fourth-order valence-corrected chi connectivity index (χ4v) is 3.59. The van der Waals surface area contributed by atoms with Crippen molar-refractivity contribution < 1.29 is 4.79 Å². The van der Waals surface area contributed by atoms with Crippen molar-refractivity contribution in [3.63, 3.8) is 0 Å². The van der Waals surface area contributed by atoms with Gasteiger partial charge in [-0.2, -0.15) is 0 Å². The number of anilines is 2. The molecule has 1 fully saturated rings. The average Bonchev–Trinajstić information content (AvgIpc) is 3.04. The Morgan fingerprint density at radius 2 is 1.92 bits per heavy atom. The van der Waals surface area contributed by atoms with Gasteiger partial charge < -0.3 is 10.6 Å². The molecule has 0 aliphatic carbocycles. The molecule has 1 aliphatic heterocycles. The summed E-state index contributed by atoms with van der Waals surface area (Å²) in [6, 6.07) is 16.9. The lowest BCUT2D eigenvalue weighted by atomic mass is 9.98. The summed E-state index contributed by atoms with van der Waals surface area (Å²) in [4.78, 5) is 14.8. The summed E-state index contributed by atoms with van der Waals surface area (Å²) < 4.78 is 0. The summed E-state index contributed by atoms with van der Waals surface area (Å²) in [6.07, 6.45) is 1.06. The van der Waals surface area contributed by atoms with Gasteiger partial charge in [0, 0.05) is 30.5 Å². The Labute approximate surface area is 156 Å². The van der Waals surface area contributed by atoms with E-state index in [2.05, 4.69) is 66.6 Å². The molecule has 1 saturated heterocycles. The van der Waals surface area contributed by atoms with Crippen molar-refractivity contribution >= 4 is 17.3 Å². The van der Waals surface area contributed by atoms with Crippen molar-refractivity contribution in [2.45, 2.75) is 39.2 Å². The van der Waals surface area contributed by atoms with Crippen LogP contribution in [0.1, 0.15) is 37.3 Å². The van der Waals surface area contributed by atoms with Crippen LogP contribution in [0.2, 0.25) is 0 Å². The van der Waals surface area contributed by atoms with Gasteiger partial charge >= 0.3 is 0 Å². The zero-order valence-electron chi connectivity index (χ0n) is 16.0. The van der Waals surface area contributed by atoms with Gasteiger partial charge in [-0.05, 0) is 42.5 Å². The number of rotatable bonds is 6. The Hall–Kier alpha value is -2.33. The first-order valence-corrected chi connectivity index (χ1v) is 9.46. The lowest BCUT2D eigenvalue weighted by Crippen LogP contribution is -2.33. The van der Waals surface area contributed by atoms with Crippen molar-refractivity contribution in [3.8, 4) is 0 Å². The van der Waals surface area contributed by atoms with Gasteiger partial charge in [0.1, 0.15) is 0 Å². The van der Waals surface area contributed by atoms with Crippen LogP contribution in [-0.4, -0.2) is 36.5 Å². The standard InChI is InChI=1S/C22H29N3O/c1-16(2)20-11-7-8-17(3)22(20)24-21(26)15-25-13-12-19(14-25)23-18-9-5-4-6-10-18/h4-11,16,19,23H,12-15H2,1-3H3,(H,24,26). The summed E-state index contributed by atoms with van der Waals surface area (Å²) in [7, 11) is 0. The van der Waals surface area contributed by atoms with Crippen LogP contribution in [-0.2, 0) is 4.79 Å². The van der Waals surface area contributed by atoms with Gasteiger partial charge in [0.05, 0.1) is 6.54 Å². The van der Waals surface area contributed by atoms with Crippen LogP contribution in [0.25, 0.3) is 0 Å². The maximum atomic E-state index is 12.6. The Morgan fingerprint density at radius 1 is 1.15 bits per heavy atom. The number of aryl methyl sites for hydroxylation is 1. The summed E-state index contributed by atoms with van der Waals surface area (Å²) >= 11 is 0. The third-order valence-electron chi connectivity index (χ3n) is 4.98. The minimum absolute atomic E-state index is 0.0709. The first kappa shape index (κ1) is 18.5. The number of hydrogen-bond acceptors (Lipinski definition) is 3. The average molecular weight is 351 g/mol. The molecule has 3 rings (SSSR count). The molecule has 2 aromatic carbocycles. The number of nitrogens with zero attached hydrogens (tertiary/aromatic N) is 1. The lowest BCUT2D eigenvalue weighted by molar-refractivity contribution is -0.117. The van der Waals surface area contributed by atoms with Gasteiger partial charge in [-0.25, -0.2) is 0 Å². The highest BCUT2D eigenvalue weighted by molar-refractivity contribution is 5.94. The van der Waals surface area contributed by atoms with E-state index in [1.165, 1.54) is 5.56 Å². The van der Waals surface area contributed by atoms with Crippen LogP contribution < -0.4 is 10.6 Å². The maximum absolute atomic E-state index is 12.6. The van der Waals surface area contributed by atoms with E-state index in [0.717, 1.165) is 36.4 Å². The van der Waals surface area contributed by atoms with Gasteiger partial charge in [-0.1, -0.05) is 50.2 Å². The van der Waals surface area contributed by atoms with Crippen molar-refractivity contribution in [1.29, 1.82) is 0 Å². The Bertz CT molecular complexity index is 742. The molecule has 0 saturated carbocycles. The molecule has 1 amide bonds. The maximum Gasteiger partial charge on any atom is 0.238 e. The topological polar surface area (TPSA) is 44.4 Å². The minimum atomic E-state index is 0.0709. The van der Waals surface area contributed by atoms with Gasteiger partial charge in [0.2, 0.25) is 5.91 Å². The number of nitrogens with one attached hydrogen (secondary N) is 2. The second-order valence-corrected chi connectivity index (χ2v) is 7.47. The fraction of sp³-hybridized carbons (Fsp3) is 0.409. The van der Waals surface area contributed by atoms with E-state index in [1.54, 1.807) is 0 Å². The molecule has 1 heterocycles. The minimum Gasteiger partial charge on any atom is -0.381 e. The third-order valence-corrected chi connectivity index (χ3v) is 4.98. The molecule has 0 aromatic heterocycles. The number of amides is 1. The molecule has 0 radical (unpaired) electrons. The van der Waals surface area contributed by atoms with Gasteiger partial charge in [-0.15, -0.1) is 0 Å². The van der Waals surface area contributed by atoms with Crippen LogP contribution in [0.4, 0.5) is 11.4 Å². The Kier molecular flexibility index (Phi) is 5.94. The second kappa shape index (κ2) is 8.37. The predicted molar refractivity (Wildman–Crippen MR) is 109 cm³/mol. The number of likely N-dealkylation sites (tertiary alicyclic amines) is 1. The molecule has 1 aliphatic rings. The van der Waals surface area contributed by atoms with Crippen LogP contribution in [0.15, 0.2) is 48.5 Å². The predicted octanol–water partition coefficient (Wildman–Crippen LogP) is 4.24. The fourth-order valence-electron chi connectivity index (χ4n) is 3.59. The Morgan fingerprint density at radius 3 is 2.65 bits per heavy atom. The first-order chi connectivity index (χ1) is 12.5. The zero-order valence-corrected chi connectivity index (χ0v) is 16.0. The van der Waals surface area contributed by atoms with Gasteiger partial charge in [0.15, 0.2) is 0 Å². The highest BCUT2D eigenvalue weighted by Crippen LogP contribution is 2.27. The van der Waals surface area contributed by atoms with E-state index in [-0.39, 0.29) is 5.91 Å². The normalized spacial score (nSPS) is 17.5. The van der Waals surface area contributed by atoms with E-state index in [0.29, 0.717) is 18.5 Å². The lowest BCUT2D eigenvalue weighted by Gasteiger charge is -2.19. The quantitative estimate of drug-likeness (QED) is 0.818. The van der Waals surface area contributed by atoms with Crippen molar-refractivity contribution in [3.05, 3.63) is 59.7 Å². The molecular weight excluding hydrogens is 322 g/mol. The van der Waals surface area contributed by atoms with Crippen LogP contribution >= 0.6 is 0 Å². The molecule has 138 valence electrons. The summed E-state index contributed by atoms with van der Waals surface area (Å²) in [6.45, 7) is 8.65. The molecule has 26 heavy (non-hydrogen) atoms. The number of para-hydroxylation sites is 2.